The van der Waals surface area contributed by atoms with Crippen LogP contribution in [0.1, 0.15) is 12.8 Å². The summed E-state index contributed by atoms with van der Waals surface area (Å²) in [4.78, 5) is 0. The van der Waals surface area contributed by atoms with Crippen LogP contribution in [0.2, 0.25) is 0 Å². The number of rotatable bonds is 6. The lowest BCUT2D eigenvalue weighted by Gasteiger charge is -2.23. The minimum absolute atomic E-state index is 0.0767. The largest absolute Gasteiger partial charge is 0.497 e. The molecule has 2 N–H and O–H groups in total. The van der Waals surface area contributed by atoms with E-state index in [-0.39, 0.29) is 6.61 Å². The van der Waals surface area contributed by atoms with Crippen LogP contribution in [0.15, 0.2) is 30.3 Å². The van der Waals surface area contributed by atoms with Crippen molar-refractivity contribution < 1.29 is 9.84 Å². The summed E-state index contributed by atoms with van der Waals surface area (Å²) in [5.41, 5.74) is 1.91. The zero-order valence-corrected chi connectivity index (χ0v) is 14.2. The molecule has 0 radical (unpaired) electrons. The minimum atomic E-state index is 0.0767. The van der Waals surface area contributed by atoms with Crippen LogP contribution in [-0.2, 0) is 6.54 Å². The van der Waals surface area contributed by atoms with Crippen molar-refractivity contribution in [3.63, 3.8) is 0 Å². The molecule has 124 valence electrons. The first-order valence-electron chi connectivity index (χ1n) is 7.97. The van der Waals surface area contributed by atoms with Crippen LogP contribution in [0.4, 0.5) is 5.82 Å². The van der Waals surface area contributed by atoms with Crippen LogP contribution in [-0.4, -0.2) is 46.2 Å². The number of aliphatic hydroxyl groups is 1. The van der Waals surface area contributed by atoms with Crippen molar-refractivity contribution in [1.29, 1.82) is 0 Å². The number of aromatic nitrogens is 2. The molecule has 1 aliphatic rings. The molecule has 0 unspecified atom stereocenters. The number of ether oxygens (including phenoxy) is 1. The van der Waals surface area contributed by atoms with E-state index in [9.17, 15) is 5.11 Å². The fourth-order valence-corrected chi connectivity index (χ4v) is 3.86. The molecular weight excluding hydrogens is 310 g/mol. The molecule has 5 nitrogen and oxygen atoms in total. The Balaban J connectivity index is 1.84. The Morgan fingerprint density at radius 3 is 3.09 bits per heavy atom. The molecule has 1 fully saturated rings. The summed E-state index contributed by atoms with van der Waals surface area (Å²) in [7, 11) is 1.66. The molecule has 0 amide bonds. The maximum Gasteiger partial charge on any atom is 0.125 e. The Kier molecular flexibility index (Phi) is 5.46. The van der Waals surface area contributed by atoms with Crippen LogP contribution >= 0.6 is 11.8 Å². The summed E-state index contributed by atoms with van der Waals surface area (Å²) in [6.45, 7) is 0.569. The summed E-state index contributed by atoms with van der Waals surface area (Å²) in [6.07, 6.45) is 2.44. The van der Waals surface area contributed by atoms with Gasteiger partial charge in [-0.25, -0.2) is 4.68 Å². The number of nitrogens with zero attached hydrogens (tertiary/aromatic N) is 2. The summed E-state index contributed by atoms with van der Waals surface area (Å²) in [5, 5.41) is 17.5. The van der Waals surface area contributed by atoms with E-state index in [0.29, 0.717) is 12.6 Å². The van der Waals surface area contributed by atoms with Crippen molar-refractivity contribution >= 4 is 17.6 Å². The number of anilines is 1. The lowest BCUT2D eigenvalue weighted by molar-refractivity contribution is 0.270. The molecule has 1 saturated heterocycles. The van der Waals surface area contributed by atoms with Gasteiger partial charge in [-0.2, -0.15) is 16.9 Å². The Morgan fingerprint density at radius 2 is 2.35 bits per heavy atom. The summed E-state index contributed by atoms with van der Waals surface area (Å²) in [6, 6.07) is 10.4. The van der Waals surface area contributed by atoms with E-state index in [1.54, 1.807) is 7.11 Å². The van der Waals surface area contributed by atoms with Crippen molar-refractivity contribution in [2.24, 2.45) is 0 Å². The van der Waals surface area contributed by atoms with E-state index in [0.717, 1.165) is 28.6 Å². The average molecular weight is 333 g/mol. The van der Waals surface area contributed by atoms with E-state index in [2.05, 4.69) is 16.5 Å². The standard InChI is InChI=1S/C17H23N3O2S/c1-22-15-6-2-4-13(10-15)16-11-17(20(19-16)7-8-21)18-14-5-3-9-23-12-14/h2,4,6,10-11,14,18,21H,3,5,7-9,12H2,1H3/t14-/m0/s1. The third-order valence-electron chi connectivity index (χ3n) is 3.97. The highest BCUT2D eigenvalue weighted by atomic mass is 32.2. The quantitative estimate of drug-likeness (QED) is 0.851. The topological polar surface area (TPSA) is 59.3 Å². The zero-order valence-electron chi connectivity index (χ0n) is 13.4. The number of nitrogens with one attached hydrogen (secondary N) is 1. The summed E-state index contributed by atoms with van der Waals surface area (Å²) < 4.78 is 7.14. The number of hydrogen-bond acceptors (Lipinski definition) is 5. The van der Waals surface area contributed by atoms with Gasteiger partial charge in [0.1, 0.15) is 11.6 Å². The van der Waals surface area contributed by atoms with E-state index in [1.165, 1.54) is 18.6 Å². The second-order valence-corrected chi connectivity index (χ2v) is 6.80. The monoisotopic (exact) mass is 333 g/mol. The molecule has 0 spiro atoms. The lowest BCUT2D eigenvalue weighted by Crippen LogP contribution is -2.27. The van der Waals surface area contributed by atoms with Crippen LogP contribution in [0.25, 0.3) is 11.3 Å². The van der Waals surface area contributed by atoms with Gasteiger partial charge in [-0.15, -0.1) is 0 Å². The summed E-state index contributed by atoms with van der Waals surface area (Å²) >= 11 is 1.99. The SMILES string of the molecule is COc1cccc(-c2cc(N[C@H]3CCCSC3)n(CCO)n2)c1. The third kappa shape index (κ3) is 4.00. The summed E-state index contributed by atoms with van der Waals surface area (Å²) in [5.74, 6) is 4.17. The van der Waals surface area contributed by atoms with Gasteiger partial charge in [0.05, 0.1) is 26.0 Å². The second kappa shape index (κ2) is 7.75. The Labute approximate surface area is 141 Å². The van der Waals surface area contributed by atoms with Crippen LogP contribution in [0.5, 0.6) is 5.75 Å². The molecule has 1 aliphatic heterocycles. The van der Waals surface area contributed by atoms with Crippen molar-refractivity contribution in [1.82, 2.24) is 9.78 Å². The molecular formula is C17H23N3O2S. The average Bonchev–Trinajstić information content (AvgIpc) is 2.99. The third-order valence-corrected chi connectivity index (χ3v) is 5.18. The number of hydrogen-bond donors (Lipinski definition) is 2. The highest BCUT2D eigenvalue weighted by molar-refractivity contribution is 7.99. The zero-order chi connectivity index (χ0) is 16.1. The van der Waals surface area contributed by atoms with Crippen LogP contribution in [0.3, 0.4) is 0 Å². The van der Waals surface area contributed by atoms with Crippen molar-refractivity contribution in [3.8, 4) is 17.0 Å². The first-order chi connectivity index (χ1) is 11.3. The Bertz CT molecular complexity index is 639. The predicted molar refractivity (Wildman–Crippen MR) is 95.3 cm³/mol. The second-order valence-electron chi connectivity index (χ2n) is 5.65. The van der Waals surface area contributed by atoms with Gasteiger partial charge in [0, 0.05) is 23.4 Å². The number of benzene rings is 1. The van der Waals surface area contributed by atoms with Gasteiger partial charge in [0.2, 0.25) is 0 Å². The highest BCUT2D eigenvalue weighted by Crippen LogP contribution is 2.27. The van der Waals surface area contributed by atoms with Gasteiger partial charge in [-0.05, 0) is 30.7 Å². The van der Waals surface area contributed by atoms with Gasteiger partial charge in [-0.3, -0.25) is 0 Å². The maximum atomic E-state index is 9.30. The molecule has 2 heterocycles. The Morgan fingerprint density at radius 1 is 1.43 bits per heavy atom. The van der Waals surface area contributed by atoms with Gasteiger partial charge in [0.15, 0.2) is 0 Å². The molecule has 3 rings (SSSR count). The normalized spacial score (nSPS) is 17.9. The fraction of sp³-hybridized carbons (Fsp3) is 0.471. The lowest BCUT2D eigenvalue weighted by atomic mass is 10.1. The first kappa shape index (κ1) is 16.2. The van der Waals surface area contributed by atoms with Crippen molar-refractivity contribution in [2.75, 3.05) is 30.5 Å². The van der Waals surface area contributed by atoms with Crippen LogP contribution in [0, 0.1) is 0 Å². The molecule has 1 atom stereocenters. The van der Waals surface area contributed by atoms with Gasteiger partial charge in [0.25, 0.3) is 0 Å². The fourth-order valence-electron chi connectivity index (χ4n) is 2.79. The van der Waals surface area contributed by atoms with E-state index < -0.39 is 0 Å². The smallest absolute Gasteiger partial charge is 0.125 e. The predicted octanol–water partition coefficient (Wildman–Crippen LogP) is 2.86. The number of methoxy groups -OCH3 is 1. The van der Waals surface area contributed by atoms with Gasteiger partial charge < -0.3 is 15.2 Å². The molecule has 23 heavy (non-hydrogen) atoms. The van der Waals surface area contributed by atoms with E-state index in [1.807, 2.05) is 40.7 Å². The highest BCUT2D eigenvalue weighted by Gasteiger charge is 2.17. The molecule has 0 saturated carbocycles. The maximum absolute atomic E-state index is 9.30. The molecule has 1 aromatic heterocycles. The first-order valence-corrected chi connectivity index (χ1v) is 9.13. The van der Waals surface area contributed by atoms with Gasteiger partial charge in [-0.1, -0.05) is 12.1 Å². The molecule has 0 bridgehead atoms. The van der Waals surface area contributed by atoms with E-state index in [4.69, 9.17) is 4.74 Å². The minimum Gasteiger partial charge on any atom is -0.497 e. The molecule has 2 aromatic rings. The molecule has 1 aromatic carbocycles. The van der Waals surface area contributed by atoms with Crippen molar-refractivity contribution in [3.05, 3.63) is 30.3 Å². The van der Waals surface area contributed by atoms with E-state index >= 15 is 0 Å². The number of thioether (sulfide) groups is 1. The number of aliphatic hydroxyl groups excluding tert-OH is 1. The molecule has 6 heteroatoms. The van der Waals surface area contributed by atoms with Gasteiger partial charge >= 0.3 is 0 Å². The Hall–Kier alpha value is -1.66. The molecule has 0 aliphatic carbocycles. The van der Waals surface area contributed by atoms with Crippen LogP contribution < -0.4 is 10.1 Å². The van der Waals surface area contributed by atoms with Crippen molar-refractivity contribution in [2.45, 2.75) is 25.4 Å².